The van der Waals surface area contributed by atoms with Crippen molar-refractivity contribution in [2.24, 2.45) is 5.92 Å². The van der Waals surface area contributed by atoms with Crippen LogP contribution in [0.25, 0.3) is 0 Å². The van der Waals surface area contributed by atoms with Gasteiger partial charge >= 0.3 is 5.97 Å². The summed E-state index contributed by atoms with van der Waals surface area (Å²) in [7, 11) is 1.58. The summed E-state index contributed by atoms with van der Waals surface area (Å²) in [5, 5.41) is 9.80. The van der Waals surface area contributed by atoms with Gasteiger partial charge in [0.1, 0.15) is 10.8 Å². The number of allylic oxidation sites excluding steroid dienone is 3. The van der Waals surface area contributed by atoms with Gasteiger partial charge in [-0.1, -0.05) is 29.8 Å². The van der Waals surface area contributed by atoms with E-state index in [-0.39, 0.29) is 11.1 Å². The third-order valence-electron chi connectivity index (χ3n) is 4.74. The normalized spacial score (nSPS) is 26.4. The van der Waals surface area contributed by atoms with E-state index in [1.807, 2.05) is 0 Å². The zero-order valence-corrected chi connectivity index (χ0v) is 15.4. The number of carboxylic acids is 1. The number of benzene rings is 1. The van der Waals surface area contributed by atoms with E-state index in [1.54, 1.807) is 43.5 Å². The number of carboxylic acid groups (broad SMARTS) is 1. The summed E-state index contributed by atoms with van der Waals surface area (Å²) in [5.74, 6) is -0.956. The molecule has 1 N–H and O–H groups in total. The summed E-state index contributed by atoms with van der Waals surface area (Å²) in [6.07, 6.45) is 9.34. The van der Waals surface area contributed by atoms with Crippen LogP contribution >= 0.6 is 23.2 Å². The van der Waals surface area contributed by atoms with Crippen LogP contribution in [0.15, 0.2) is 41.5 Å². The molecule has 4 nitrogen and oxygen atoms in total. The van der Waals surface area contributed by atoms with Gasteiger partial charge in [0.05, 0.1) is 13.2 Å². The minimum Gasteiger partial charge on any atom is -0.493 e. The minimum absolute atomic E-state index is 0.149. The van der Waals surface area contributed by atoms with Crippen molar-refractivity contribution < 1.29 is 19.4 Å². The summed E-state index contributed by atoms with van der Waals surface area (Å²) in [4.78, 5) is 10.5. The first-order valence-electron chi connectivity index (χ1n) is 8.27. The second-order valence-corrected chi connectivity index (χ2v) is 7.40. The first-order chi connectivity index (χ1) is 12.0. The van der Waals surface area contributed by atoms with Crippen LogP contribution in [0.1, 0.15) is 31.2 Å². The maximum absolute atomic E-state index is 11.7. The van der Waals surface area contributed by atoms with Crippen molar-refractivity contribution in [2.45, 2.75) is 36.7 Å². The number of alkyl halides is 1. The van der Waals surface area contributed by atoms with Gasteiger partial charge in [-0.2, -0.15) is 0 Å². The Morgan fingerprint density at radius 2 is 2.00 bits per heavy atom. The number of halogens is 2. The van der Waals surface area contributed by atoms with Gasteiger partial charge in [0.15, 0.2) is 11.5 Å². The number of rotatable bonds is 5. The zero-order valence-electron chi connectivity index (χ0n) is 13.9. The maximum Gasteiger partial charge on any atom is 0.314 e. The molecule has 2 aliphatic rings. The van der Waals surface area contributed by atoms with Gasteiger partial charge in [-0.05, 0) is 49.5 Å². The molecule has 2 atom stereocenters. The average molecular weight is 383 g/mol. The Morgan fingerprint density at radius 1 is 1.28 bits per heavy atom. The van der Waals surface area contributed by atoms with E-state index >= 15 is 0 Å². The number of carbonyl (C=O) groups is 1. The highest BCUT2D eigenvalue weighted by molar-refractivity contribution is 6.34. The molecule has 0 aliphatic heterocycles. The minimum atomic E-state index is -1.28. The molecule has 1 aromatic rings. The Morgan fingerprint density at radius 3 is 2.64 bits per heavy atom. The average Bonchev–Trinajstić information content (AvgIpc) is 3.07. The summed E-state index contributed by atoms with van der Waals surface area (Å²) in [6.45, 7) is 0. The third-order valence-corrected chi connectivity index (χ3v) is 5.65. The van der Waals surface area contributed by atoms with Crippen LogP contribution < -0.4 is 9.47 Å². The van der Waals surface area contributed by atoms with E-state index in [0.717, 1.165) is 25.7 Å². The van der Waals surface area contributed by atoms with Crippen LogP contribution in [0.4, 0.5) is 0 Å². The molecule has 1 aromatic carbocycles. The second-order valence-electron chi connectivity index (χ2n) is 6.34. The largest absolute Gasteiger partial charge is 0.493 e. The van der Waals surface area contributed by atoms with Gasteiger partial charge in [0.2, 0.25) is 0 Å². The number of hydrogen-bond donors (Lipinski definition) is 1. The molecule has 1 saturated carbocycles. The molecule has 0 spiro atoms. The van der Waals surface area contributed by atoms with E-state index in [2.05, 4.69) is 0 Å². The SMILES string of the molecule is COc1ccc(C2(Cl)C=CC=C(Cl)C2C(=O)O)cc1OC1CCCC1. The molecule has 6 heteroatoms. The Hall–Kier alpha value is -1.65. The van der Waals surface area contributed by atoms with Crippen molar-refractivity contribution in [2.75, 3.05) is 7.11 Å². The van der Waals surface area contributed by atoms with E-state index in [1.165, 1.54) is 0 Å². The first kappa shape index (κ1) is 18.2. The van der Waals surface area contributed by atoms with Gasteiger partial charge in [-0.25, -0.2) is 0 Å². The Bertz CT molecular complexity index is 722. The summed E-state index contributed by atoms with van der Waals surface area (Å²) < 4.78 is 11.5. The summed E-state index contributed by atoms with van der Waals surface area (Å²) in [6, 6.07) is 5.27. The Balaban J connectivity index is 1.99. The van der Waals surface area contributed by atoms with Crippen LogP contribution in [0.2, 0.25) is 0 Å². The Labute approximate surface area is 157 Å². The highest BCUT2D eigenvalue weighted by atomic mass is 35.5. The first-order valence-corrected chi connectivity index (χ1v) is 9.03. The van der Waals surface area contributed by atoms with E-state index in [9.17, 15) is 9.90 Å². The second kappa shape index (κ2) is 7.30. The Kier molecular flexibility index (Phi) is 5.30. The highest BCUT2D eigenvalue weighted by Gasteiger charge is 2.45. The molecular formula is C19H20Cl2O4. The van der Waals surface area contributed by atoms with Gasteiger partial charge in [-0.3, -0.25) is 4.79 Å². The molecule has 134 valence electrons. The number of ether oxygens (including phenoxy) is 2. The zero-order chi connectivity index (χ0) is 18.0. The molecule has 0 heterocycles. The van der Waals surface area contributed by atoms with Crippen LogP contribution in [0.3, 0.4) is 0 Å². The molecule has 3 rings (SSSR count). The lowest BCUT2D eigenvalue weighted by atomic mass is 9.81. The smallest absolute Gasteiger partial charge is 0.314 e. The molecule has 0 aromatic heterocycles. The van der Waals surface area contributed by atoms with Crippen LogP contribution in [0.5, 0.6) is 11.5 Å². The quantitative estimate of drug-likeness (QED) is 0.739. The number of methoxy groups -OCH3 is 1. The highest BCUT2D eigenvalue weighted by Crippen LogP contribution is 2.47. The molecule has 2 unspecified atom stereocenters. The monoisotopic (exact) mass is 382 g/mol. The molecular weight excluding hydrogens is 363 g/mol. The fraction of sp³-hybridized carbons (Fsp3) is 0.421. The predicted molar refractivity (Wildman–Crippen MR) is 97.6 cm³/mol. The van der Waals surface area contributed by atoms with Gasteiger partial charge < -0.3 is 14.6 Å². The molecule has 25 heavy (non-hydrogen) atoms. The van der Waals surface area contributed by atoms with E-state index in [0.29, 0.717) is 17.1 Å². The lowest BCUT2D eigenvalue weighted by Crippen LogP contribution is -2.35. The standard InChI is InChI=1S/C19H20Cl2O4/c1-24-15-9-8-12(11-16(15)25-13-5-2-3-6-13)19(21)10-4-7-14(20)17(19)18(22)23/h4,7-11,13,17H,2-3,5-6H2,1H3,(H,22,23). The summed E-state index contributed by atoms with van der Waals surface area (Å²) >= 11 is 12.9. The van der Waals surface area contributed by atoms with Crippen LogP contribution in [0, 0.1) is 5.92 Å². The van der Waals surface area contributed by atoms with E-state index < -0.39 is 16.8 Å². The van der Waals surface area contributed by atoms with Crippen molar-refractivity contribution in [1.82, 2.24) is 0 Å². The fourth-order valence-electron chi connectivity index (χ4n) is 3.43. The van der Waals surface area contributed by atoms with Gasteiger partial charge in [0.25, 0.3) is 0 Å². The molecule has 0 saturated heterocycles. The predicted octanol–water partition coefficient (Wildman–Crippen LogP) is 4.84. The summed E-state index contributed by atoms with van der Waals surface area (Å²) in [5.41, 5.74) is 0.609. The fourth-order valence-corrected chi connectivity index (χ4v) is 4.22. The molecule has 2 aliphatic carbocycles. The van der Waals surface area contributed by atoms with Gasteiger partial charge in [-0.15, -0.1) is 11.6 Å². The third kappa shape index (κ3) is 3.51. The van der Waals surface area contributed by atoms with Crippen molar-refractivity contribution in [3.8, 4) is 11.5 Å². The molecule has 0 radical (unpaired) electrons. The molecule has 0 amide bonds. The lowest BCUT2D eigenvalue weighted by molar-refractivity contribution is -0.141. The van der Waals surface area contributed by atoms with E-state index in [4.69, 9.17) is 32.7 Å². The van der Waals surface area contributed by atoms with Crippen LogP contribution in [-0.2, 0) is 9.67 Å². The molecule has 0 bridgehead atoms. The topological polar surface area (TPSA) is 55.8 Å². The number of hydrogen-bond acceptors (Lipinski definition) is 3. The van der Waals surface area contributed by atoms with Crippen molar-refractivity contribution in [3.63, 3.8) is 0 Å². The van der Waals surface area contributed by atoms with Crippen molar-refractivity contribution >= 4 is 29.2 Å². The van der Waals surface area contributed by atoms with Gasteiger partial charge in [0, 0.05) is 5.03 Å². The maximum atomic E-state index is 11.7. The lowest BCUT2D eigenvalue weighted by Gasteiger charge is -2.33. The van der Waals surface area contributed by atoms with Crippen molar-refractivity contribution in [3.05, 3.63) is 47.0 Å². The van der Waals surface area contributed by atoms with Crippen molar-refractivity contribution in [1.29, 1.82) is 0 Å². The van der Waals surface area contributed by atoms with Crippen LogP contribution in [-0.4, -0.2) is 24.3 Å². The molecule has 1 fully saturated rings. The number of aliphatic carboxylic acids is 1.